The highest BCUT2D eigenvalue weighted by Crippen LogP contribution is 2.70. The van der Waals surface area contributed by atoms with Crippen LogP contribution in [-0.4, -0.2) is 4.98 Å². The van der Waals surface area contributed by atoms with Crippen LogP contribution in [-0.2, 0) is 0 Å². The van der Waals surface area contributed by atoms with Gasteiger partial charge in [0.1, 0.15) is 0 Å². The van der Waals surface area contributed by atoms with Gasteiger partial charge < -0.3 is 5.73 Å². The van der Waals surface area contributed by atoms with E-state index in [0.29, 0.717) is 27.0 Å². The van der Waals surface area contributed by atoms with Crippen LogP contribution in [0.5, 0.6) is 0 Å². The van der Waals surface area contributed by atoms with Gasteiger partial charge in [0.2, 0.25) is 0 Å². The second-order valence-electron chi connectivity index (χ2n) is 5.59. The molecule has 0 radical (unpaired) electrons. The fraction of sp³-hybridized carbons (Fsp3) is 0.357. The number of halogens is 2. The fourth-order valence-electron chi connectivity index (χ4n) is 3.01. The highest BCUT2D eigenvalue weighted by Gasteiger charge is 2.60. The Morgan fingerprint density at radius 3 is 2.32 bits per heavy atom. The molecule has 19 heavy (non-hydrogen) atoms. The number of rotatable bonds is 2. The number of nitrogens with two attached hydrogens (primary N) is 1. The number of aromatic nitrogens is 1. The Morgan fingerprint density at radius 1 is 1.16 bits per heavy atom. The maximum Gasteiger partial charge on any atom is 0.180 e. The van der Waals surface area contributed by atoms with E-state index in [9.17, 15) is 0 Å². The van der Waals surface area contributed by atoms with Crippen molar-refractivity contribution in [3.05, 3.63) is 44.9 Å². The minimum absolute atomic E-state index is 0.161. The summed E-state index contributed by atoms with van der Waals surface area (Å²) in [4.78, 5) is 4.42. The Bertz CT molecular complexity index is 616. The van der Waals surface area contributed by atoms with Crippen molar-refractivity contribution in [1.82, 2.24) is 4.98 Å². The summed E-state index contributed by atoms with van der Waals surface area (Å²) in [5.41, 5.74) is 8.15. The molecule has 0 aliphatic heterocycles. The summed E-state index contributed by atoms with van der Waals surface area (Å²) in [6.07, 6.45) is 0. The number of benzene rings is 1. The predicted molar refractivity (Wildman–Crippen MR) is 82.3 cm³/mol. The lowest BCUT2D eigenvalue weighted by Gasteiger charge is -2.04. The first kappa shape index (κ1) is 13.2. The summed E-state index contributed by atoms with van der Waals surface area (Å²) in [6.45, 7) is 4.49. The molecule has 2 unspecified atom stereocenters. The first-order chi connectivity index (χ1) is 8.89. The van der Waals surface area contributed by atoms with E-state index in [-0.39, 0.29) is 5.41 Å². The van der Waals surface area contributed by atoms with Crippen LogP contribution in [0.1, 0.15) is 36.9 Å². The van der Waals surface area contributed by atoms with Crippen LogP contribution in [0.4, 0.5) is 5.13 Å². The number of anilines is 1. The summed E-state index contributed by atoms with van der Waals surface area (Å²) in [6, 6.07) is 5.75. The zero-order valence-electron chi connectivity index (χ0n) is 10.7. The molecule has 1 aromatic heterocycles. The van der Waals surface area contributed by atoms with Gasteiger partial charge in [-0.2, -0.15) is 0 Å². The third-order valence-corrected chi connectivity index (χ3v) is 5.06. The van der Waals surface area contributed by atoms with E-state index in [0.717, 1.165) is 5.69 Å². The van der Waals surface area contributed by atoms with Gasteiger partial charge in [-0.15, -0.1) is 11.3 Å². The molecule has 2 N–H and O–H groups in total. The lowest BCUT2D eigenvalue weighted by Crippen LogP contribution is -1.91. The van der Waals surface area contributed by atoms with Crippen molar-refractivity contribution in [2.75, 3.05) is 5.73 Å². The lowest BCUT2D eigenvalue weighted by atomic mass is 10.0. The molecule has 1 aromatic carbocycles. The monoisotopic (exact) mass is 312 g/mol. The molecule has 100 valence electrons. The smallest absolute Gasteiger partial charge is 0.180 e. The van der Waals surface area contributed by atoms with E-state index in [1.165, 1.54) is 16.9 Å². The van der Waals surface area contributed by atoms with E-state index in [4.69, 9.17) is 28.9 Å². The Hall–Kier alpha value is -0.770. The standard InChI is InChI=1S/C14H14Cl2N2S/c1-14(2)11(7-3-8(15)5-9(16)4-7)12(14)10-6-19-13(17)18-10/h3-6,11-12H,1-2H3,(H2,17,18). The lowest BCUT2D eigenvalue weighted by molar-refractivity contribution is 0.599. The average Bonchev–Trinajstić information content (AvgIpc) is 2.63. The molecule has 1 aliphatic rings. The van der Waals surface area contributed by atoms with E-state index in [1.807, 2.05) is 17.5 Å². The Balaban J connectivity index is 1.98. The average molecular weight is 313 g/mol. The van der Waals surface area contributed by atoms with Crippen LogP contribution in [0.15, 0.2) is 23.6 Å². The van der Waals surface area contributed by atoms with Gasteiger partial charge in [-0.05, 0) is 35.1 Å². The summed E-state index contributed by atoms with van der Waals surface area (Å²) in [7, 11) is 0. The molecule has 0 spiro atoms. The van der Waals surface area contributed by atoms with Gasteiger partial charge in [-0.3, -0.25) is 0 Å². The van der Waals surface area contributed by atoms with Crippen LogP contribution in [0.25, 0.3) is 0 Å². The van der Waals surface area contributed by atoms with Gasteiger partial charge in [0, 0.05) is 21.3 Å². The molecule has 1 heterocycles. The first-order valence-corrected chi connectivity index (χ1v) is 7.70. The third-order valence-electron chi connectivity index (χ3n) is 3.93. The molecule has 3 rings (SSSR count). The van der Waals surface area contributed by atoms with Crippen molar-refractivity contribution in [3.63, 3.8) is 0 Å². The number of hydrogen-bond acceptors (Lipinski definition) is 3. The largest absolute Gasteiger partial charge is 0.375 e. The van der Waals surface area contributed by atoms with Crippen molar-refractivity contribution in [1.29, 1.82) is 0 Å². The van der Waals surface area contributed by atoms with Gasteiger partial charge in [-0.25, -0.2) is 4.98 Å². The number of nitrogens with zero attached hydrogens (tertiary/aromatic N) is 1. The van der Waals surface area contributed by atoms with Crippen LogP contribution in [0.2, 0.25) is 10.0 Å². The van der Waals surface area contributed by atoms with E-state index < -0.39 is 0 Å². The summed E-state index contributed by atoms with van der Waals surface area (Å²) >= 11 is 13.7. The molecule has 1 saturated carbocycles. The molecule has 2 aromatic rings. The number of thiazole rings is 1. The van der Waals surface area contributed by atoms with Crippen molar-refractivity contribution in [3.8, 4) is 0 Å². The molecule has 0 amide bonds. The fourth-order valence-corrected chi connectivity index (χ4v) is 4.15. The highest BCUT2D eigenvalue weighted by atomic mass is 35.5. The van der Waals surface area contributed by atoms with Gasteiger partial charge in [0.05, 0.1) is 5.69 Å². The Kier molecular flexibility index (Phi) is 3.04. The molecule has 2 nitrogen and oxygen atoms in total. The molecule has 0 saturated heterocycles. The molecule has 1 fully saturated rings. The van der Waals surface area contributed by atoms with E-state index in [1.54, 1.807) is 6.07 Å². The van der Waals surface area contributed by atoms with Gasteiger partial charge >= 0.3 is 0 Å². The minimum Gasteiger partial charge on any atom is -0.375 e. The summed E-state index contributed by atoms with van der Waals surface area (Å²) in [5, 5.41) is 4.04. The zero-order valence-corrected chi connectivity index (χ0v) is 13.0. The number of hydrogen-bond donors (Lipinski definition) is 1. The Morgan fingerprint density at radius 2 is 1.79 bits per heavy atom. The summed E-state index contributed by atoms with van der Waals surface area (Å²) in [5.74, 6) is 0.779. The van der Waals surface area contributed by atoms with E-state index >= 15 is 0 Å². The van der Waals surface area contributed by atoms with Crippen molar-refractivity contribution in [2.24, 2.45) is 5.41 Å². The van der Waals surface area contributed by atoms with Crippen LogP contribution >= 0.6 is 34.5 Å². The Labute approximate surface area is 126 Å². The zero-order chi connectivity index (χ0) is 13.8. The van der Waals surface area contributed by atoms with Crippen molar-refractivity contribution >= 4 is 39.7 Å². The maximum atomic E-state index is 6.09. The second-order valence-corrected chi connectivity index (χ2v) is 7.35. The molecular weight excluding hydrogens is 299 g/mol. The van der Waals surface area contributed by atoms with Crippen LogP contribution in [0.3, 0.4) is 0 Å². The molecule has 1 aliphatic carbocycles. The topological polar surface area (TPSA) is 38.9 Å². The third kappa shape index (κ3) is 2.24. The maximum absolute atomic E-state index is 6.09. The van der Waals surface area contributed by atoms with Crippen molar-refractivity contribution < 1.29 is 0 Å². The first-order valence-electron chi connectivity index (χ1n) is 6.06. The molecule has 0 bridgehead atoms. The van der Waals surface area contributed by atoms with Gasteiger partial charge in [0.25, 0.3) is 0 Å². The second kappa shape index (κ2) is 4.37. The van der Waals surface area contributed by atoms with Crippen LogP contribution < -0.4 is 5.73 Å². The van der Waals surface area contributed by atoms with Crippen LogP contribution in [0, 0.1) is 5.41 Å². The molecule has 2 atom stereocenters. The predicted octanol–water partition coefficient (Wildman–Crippen LogP) is 4.94. The SMILES string of the molecule is CC1(C)C(c2cc(Cl)cc(Cl)c2)C1c1csc(N)n1. The van der Waals surface area contributed by atoms with Crippen molar-refractivity contribution in [2.45, 2.75) is 25.7 Å². The van der Waals surface area contributed by atoms with Gasteiger partial charge in [-0.1, -0.05) is 37.0 Å². The summed E-state index contributed by atoms with van der Waals surface area (Å²) < 4.78 is 0. The van der Waals surface area contributed by atoms with Gasteiger partial charge in [0.15, 0.2) is 5.13 Å². The minimum atomic E-state index is 0.161. The molecular formula is C14H14Cl2N2S. The normalized spacial score (nSPS) is 24.4. The number of nitrogen functional groups attached to an aromatic ring is 1. The van der Waals surface area contributed by atoms with E-state index in [2.05, 4.69) is 18.8 Å². The quantitative estimate of drug-likeness (QED) is 0.853. The molecule has 5 heteroatoms. The highest BCUT2D eigenvalue weighted by molar-refractivity contribution is 7.13.